The maximum Gasteiger partial charge on any atom is 0.335 e. The third-order valence-electron chi connectivity index (χ3n) is 3.78. The van der Waals surface area contributed by atoms with Crippen LogP contribution in [0.15, 0.2) is 0 Å². The Morgan fingerprint density at radius 1 is 0.533 bits per heavy atom. The van der Waals surface area contributed by atoms with Gasteiger partial charge in [0.2, 0.25) is 0 Å². The first kappa shape index (κ1) is 31.7. The van der Waals surface area contributed by atoms with Crippen molar-refractivity contribution < 1.29 is 17.7 Å². The van der Waals surface area contributed by atoms with Gasteiger partial charge in [-0.05, 0) is 113 Å². The van der Waals surface area contributed by atoms with E-state index in [1.54, 1.807) is 0 Å². The van der Waals surface area contributed by atoms with E-state index < -0.39 is 17.1 Å². The summed E-state index contributed by atoms with van der Waals surface area (Å²) >= 11 is 0. The Morgan fingerprint density at radius 3 is 1.03 bits per heavy atom. The van der Waals surface area contributed by atoms with Gasteiger partial charge in [0.05, 0.1) is 0 Å². The predicted molar refractivity (Wildman–Crippen MR) is 147 cm³/mol. The molecule has 0 aromatic heterocycles. The van der Waals surface area contributed by atoms with E-state index in [-0.39, 0.29) is 24.4 Å². The van der Waals surface area contributed by atoms with Gasteiger partial charge in [-0.1, -0.05) is 21.6 Å². The minimum Gasteiger partial charge on any atom is -0.392 e. The Labute approximate surface area is 204 Å². The van der Waals surface area contributed by atoms with Crippen molar-refractivity contribution in [3.63, 3.8) is 0 Å². The molecule has 0 amide bonds. The van der Waals surface area contributed by atoms with Gasteiger partial charge in [0.1, 0.15) is 0 Å². The van der Waals surface area contributed by atoms with Crippen LogP contribution < -0.4 is 0 Å². The van der Waals surface area contributed by atoms with Gasteiger partial charge >= 0.3 is 17.1 Å². The van der Waals surface area contributed by atoms with Crippen LogP contribution in [-0.4, -0.2) is 53.0 Å². The fourth-order valence-corrected chi connectivity index (χ4v) is 16.2. The highest BCUT2D eigenvalue weighted by molar-refractivity contribution is 9.26. The van der Waals surface area contributed by atoms with E-state index in [9.17, 15) is 0 Å². The van der Waals surface area contributed by atoms with E-state index in [0.717, 1.165) is 36.4 Å². The first-order valence-corrected chi connectivity index (χ1v) is 21.4. The third kappa shape index (κ3) is 18.1. The second-order valence-corrected chi connectivity index (χ2v) is 21.6. The molecule has 0 saturated carbocycles. The van der Waals surface area contributed by atoms with Crippen LogP contribution in [0.5, 0.6) is 0 Å². The molecule has 0 bridgehead atoms. The van der Waals surface area contributed by atoms with E-state index in [1.165, 1.54) is 0 Å². The molecule has 0 fully saturated rings. The molecule has 10 heteroatoms. The molecule has 0 spiro atoms. The second kappa shape index (κ2) is 17.2. The van der Waals surface area contributed by atoms with Crippen LogP contribution in [0, 0.1) is 0 Å². The monoisotopic (exact) mass is 534 g/mol. The highest BCUT2D eigenvalue weighted by Crippen LogP contribution is 2.44. The fraction of sp³-hybridized carbons (Fsp3) is 1.00. The van der Waals surface area contributed by atoms with Gasteiger partial charge in [-0.2, -0.15) is 0 Å². The van der Waals surface area contributed by atoms with E-state index in [4.69, 9.17) is 17.7 Å². The van der Waals surface area contributed by atoms with Gasteiger partial charge in [-0.15, -0.1) is 0 Å². The summed E-state index contributed by atoms with van der Waals surface area (Å²) in [6.07, 6.45) is 3.22. The van der Waals surface area contributed by atoms with Crippen molar-refractivity contribution in [2.24, 2.45) is 0 Å². The zero-order valence-corrected chi connectivity index (χ0v) is 26.1. The molecule has 0 atom stereocenters. The summed E-state index contributed by atoms with van der Waals surface area (Å²) < 4.78 is 24.7. The van der Waals surface area contributed by atoms with E-state index >= 15 is 0 Å². The fourth-order valence-electron chi connectivity index (χ4n) is 3.30. The first-order chi connectivity index (χ1) is 13.9. The number of hydrogen-bond acceptors (Lipinski definition) is 8. The minimum absolute atomic E-state index is 0.233. The Bertz CT molecular complexity index is 372. The van der Waals surface area contributed by atoms with Gasteiger partial charge < -0.3 is 17.7 Å². The maximum atomic E-state index is 6.17. The summed E-state index contributed by atoms with van der Waals surface area (Å²) in [5.41, 5.74) is 0. The molecule has 0 unspecified atom stereocenters. The van der Waals surface area contributed by atoms with Gasteiger partial charge in [0.25, 0.3) is 0 Å². The molecular formula is C20H46O4S4Si2. The average molecular weight is 535 g/mol. The van der Waals surface area contributed by atoms with Crippen LogP contribution in [0.3, 0.4) is 0 Å². The van der Waals surface area contributed by atoms with Crippen LogP contribution in [-0.2, 0) is 17.7 Å². The second-order valence-electron chi connectivity index (χ2n) is 8.92. The molecule has 4 nitrogen and oxygen atoms in total. The number of hydrogen-bond donors (Lipinski definition) is 0. The van der Waals surface area contributed by atoms with Crippen molar-refractivity contribution in [1.29, 1.82) is 0 Å². The van der Waals surface area contributed by atoms with Crippen molar-refractivity contribution in [3.8, 4) is 0 Å². The molecule has 0 N–H and O–H groups in total. The molecule has 0 heterocycles. The van der Waals surface area contributed by atoms with E-state index in [0.29, 0.717) is 0 Å². The zero-order chi connectivity index (χ0) is 23.2. The molecule has 0 rings (SSSR count). The van der Waals surface area contributed by atoms with E-state index in [2.05, 4.69) is 68.5 Å². The molecule has 0 saturated heterocycles. The summed E-state index contributed by atoms with van der Waals surface area (Å²) in [5.74, 6) is 2.28. The molecule has 0 radical (unpaired) electrons. The molecule has 0 aromatic rings. The van der Waals surface area contributed by atoms with Crippen LogP contribution in [0.25, 0.3) is 0 Å². The van der Waals surface area contributed by atoms with Gasteiger partial charge in [-0.25, -0.2) is 0 Å². The minimum atomic E-state index is -2.06. The Morgan fingerprint density at radius 2 is 0.800 bits per heavy atom. The van der Waals surface area contributed by atoms with Crippen molar-refractivity contribution >= 4 is 58.4 Å². The maximum absolute atomic E-state index is 6.17. The normalized spacial score (nSPS) is 13.4. The van der Waals surface area contributed by atoms with E-state index in [1.807, 2.05) is 41.2 Å². The Kier molecular flexibility index (Phi) is 18.1. The lowest BCUT2D eigenvalue weighted by Crippen LogP contribution is -2.43. The summed E-state index contributed by atoms with van der Waals surface area (Å²) in [6.45, 7) is 21.2. The third-order valence-corrected chi connectivity index (χ3v) is 16.8. The molecule has 0 aliphatic heterocycles. The summed E-state index contributed by atoms with van der Waals surface area (Å²) in [5, 5.41) is 0. The van der Waals surface area contributed by atoms with Crippen molar-refractivity contribution in [2.75, 3.05) is 11.5 Å². The molecular weight excluding hydrogens is 489 g/mol. The molecule has 0 aliphatic carbocycles. The van der Waals surface area contributed by atoms with Crippen molar-refractivity contribution in [2.45, 2.75) is 118 Å². The lowest BCUT2D eigenvalue weighted by atomic mass is 10.5. The predicted octanol–water partition coefficient (Wildman–Crippen LogP) is 8.29. The largest absolute Gasteiger partial charge is 0.392 e. The SMILES string of the molecule is CC(C)O[Si](C)(CCCSSSSCCC[Si](C)(OC(C)C)OC(C)C)OC(C)C. The average Bonchev–Trinajstić information content (AvgIpc) is 2.53. The summed E-state index contributed by atoms with van der Waals surface area (Å²) in [4.78, 5) is 0. The lowest BCUT2D eigenvalue weighted by molar-refractivity contribution is 0.108. The standard InChI is InChI=1S/C20H46O4S4Si2/c1-17(2)21-29(9,22-18(3)4)15-11-13-25-27-28-26-14-12-16-30(10,23-19(5)6)24-20(7)8/h17-20H,11-16H2,1-10H3. The highest BCUT2D eigenvalue weighted by Gasteiger charge is 2.34. The van der Waals surface area contributed by atoms with Gasteiger partial charge in [-0.3, -0.25) is 0 Å². The van der Waals surface area contributed by atoms with Crippen LogP contribution in [0.2, 0.25) is 25.2 Å². The molecule has 0 aromatic carbocycles. The van der Waals surface area contributed by atoms with Crippen LogP contribution in [0.4, 0.5) is 0 Å². The van der Waals surface area contributed by atoms with Crippen LogP contribution in [0.1, 0.15) is 68.2 Å². The Balaban J connectivity index is 3.93. The quantitative estimate of drug-likeness (QED) is 0.0930. The zero-order valence-electron chi connectivity index (χ0n) is 20.8. The number of rotatable bonds is 19. The smallest absolute Gasteiger partial charge is 0.335 e. The van der Waals surface area contributed by atoms with Crippen molar-refractivity contribution in [3.05, 3.63) is 0 Å². The highest BCUT2D eigenvalue weighted by atomic mass is 33.7. The Hall–Kier alpha value is 1.67. The van der Waals surface area contributed by atoms with Gasteiger partial charge in [0.15, 0.2) is 0 Å². The summed E-state index contributed by atoms with van der Waals surface area (Å²) in [7, 11) is 3.55. The lowest BCUT2D eigenvalue weighted by Gasteiger charge is -2.31. The van der Waals surface area contributed by atoms with Crippen molar-refractivity contribution in [1.82, 2.24) is 0 Å². The molecule has 30 heavy (non-hydrogen) atoms. The summed E-state index contributed by atoms with van der Waals surface area (Å²) in [6, 6.07) is 2.12. The van der Waals surface area contributed by atoms with Crippen LogP contribution >= 0.6 is 41.2 Å². The topological polar surface area (TPSA) is 36.9 Å². The van der Waals surface area contributed by atoms with Gasteiger partial charge in [0, 0.05) is 35.9 Å². The molecule has 182 valence electrons. The first-order valence-electron chi connectivity index (χ1n) is 11.2. The molecule has 0 aliphatic rings.